The van der Waals surface area contributed by atoms with Crippen molar-refractivity contribution in [3.63, 3.8) is 0 Å². The van der Waals surface area contributed by atoms with Gasteiger partial charge in [0.15, 0.2) is 5.13 Å². The molecule has 17 heavy (non-hydrogen) atoms. The first-order valence-electron chi connectivity index (χ1n) is 6.27. The maximum Gasteiger partial charge on any atom is 0.187 e. The molecule has 2 aliphatic carbocycles. The summed E-state index contributed by atoms with van der Waals surface area (Å²) >= 11 is 7.55. The summed E-state index contributed by atoms with van der Waals surface area (Å²) in [5.74, 6) is 1.71. The Morgan fingerprint density at radius 2 is 1.82 bits per heavy atom. The minimum absolute atomic E-state index is 0.00278. The molecule has 2 aliphatic rings. The summed E-state index contributed by atoms with van der Waals surface area (Å²) in [5, 5.41) is 10.6. The predicted molar refractivity (Wildman–Crippen MR) is 70.7 cm³/mol. The summed E-state index contributed by atoms with van der Waals surface area (Å²) in [6.07, 6.45) is 5.42. The van der Waals surface area contributed by atoms with Crippen LogP contribution in [-0.4, -0.2) is 23.2 Å². The van der Waals surface area contributed by atoms with Crippen molar-refractivity contribution in [1.82, 2.24) is 4.98 Å². The second-order valence-electron chi connectivity index (χ2n) is 5.16. The Labute approximate surface area is 110 Å². The van der Waals surface area contributed by atoms with Crippen molar-refractivity contribution in [3.8, 4) is 0 Å². The number of hydrogen-bond donors (Lipinski definition) is 1. The molecule has 0 saturated heterocycles. The Morgan fingerprint density at radius 1 is 1.24 bits per heavy atom. The van der Waals surface area contributed by atoms with Crippen molar-refractivity contribution in [2.75, 3.05) is 18.0 Å². The number of aromatic nitrogens is 1. The Morgan fingerprint density at radius 3 is 2.24 bits per heavy atom. The molecule has 0 bridgehead atoms. The van der Waals surface area contributed by atoms with E-state index in [2.05, 4.69) is 9.88 Å². The highest BCUT2D eigenvalue weighted by atomic mass is 35.5. The summed E-state index contributed by atoms with van der Waals surface area (Å²) in [5.41, 5.74) is 0. The monoisotopic (exact) mass is 272 g/mol. The molecule has 3 rings (SSSR count). The Balaban J connectivity index is 1.74. The highest BCUT2D eigenvalue weighted by Gasteiger charge is 2.30. The third-order valence-electron chi connectivity index (χ3n) is 3.40. The smallest absolute Gasteiger partial charge is 0.187 e. The first-order chi connectivity index (χ1) is 8.26. The number of aliphatic hydroxyl groups excluding tert-OH is 1. The van der Waals surface area contributed by atoms with Gasteiger partial charge in [0, 0.05) is 13.1 Å². The number of halogens is 1. The van der Waals surface area contributed by atoms with Crippen LogP contribution < -0.4 is 4.90 Å². The molecule has 1 heterocycles. The van der Waals surface area contributed by atoms with E-state index >= 15 is 0 Å². The minimum atomic E-state index is -0.00278. The SMILES string of the molecule is OCc1sc(N(CC2CC2)CC2CC2)nc1Cl. The van der Waals surface area contributed by atoms with E-state index in [-0.39, 0.29) is 6.61 Å². The van der Waals surface area contributed by atoms with Gasteiger partial charge in [-0.25, -0.2) is 4.98 Å². The maximum atomic E-state index is 9.17. The van der Waals surface area contributed by atoms with Gasteiger partial charge in [-0.2, -0.15) is 0 Å². The molecule has 1 aromatic rings. The fraction of sp³-hybridized carbons (Fsp3) is 0.750. The third-order valence-corrected chi connectivity index (χ3v) is 4.93. The van der Waals surface area contributed by atoms with Gasteiger partial charge >= 0.3 is 0 Å². The molecule has 3 nitrogen and oxygen atoms in total. The van der Waals surface area contributed by atoms with Gasteiger partial charge in [0.1, 0.15) is 5.15 Å². The molecule has 5 heteroatoms. The lowest BCUT2D eigenvalue weighted by Crippen LogP contribution is -2.27. The first-order valence-corrected chi connectivity index (χ1v) is 7.46. The van der Waals surface area contributed by atoms with Crippen molar-refractivity contribution in [1.29, 1.82) is 0 Å². The lowest BCUT2D eigenvalue weighted by atomic mass is 10.3. The molecule has 0 spiro atoms. The highest BCUT2D eigenvalue weighted by Crippen LogP contribution is 2.38. The molecule has 1 N–H and O–H groups in total. The standard InChI is InChI=1S/C12H17ClN2OS/c13-11-10(7-16)17-12(14-11)15(5-8-1-2-8)6-9-3-4-9/h8-9,16H,1-7H2. The molecular formula is C12H17ClN2OS. The number of hydrogen-bond acceptors (Lipinski definition) is 4. The largest absolute Gasteiger partial charge is 0.391 e. The van der Waals surface area contributed by atoms with Crippen molar-refractivity contribution < 1.29 is 5.11 Å². The second kappa shape index (κ2) is 4.75. The summed E-state index contributed by atoms with van der Waals surface area (Å²) in [4.78, 5) is 7.56. The van der Waals surface area contributed by atoms with E-state index in [0.717, 1.165) is 34.9 Å². The summed E-state index contributed by atoms with van der Waals surface area (Å²) < 4.78 is 0. The number of thiazole rings is 1. The van der Waals surface area contributed by atoms with Gasteiger partial charge in [-0.3, -0.25) is 0 Å². The molecule has 1 aromatic heterocycles. The van der Waals surface area contributed by atoms with E-state index in [4.69, 9.17) is 16.7 Å². The second-order valence-corrected chi connectivity index (χ2v) is 6.58. The van der Waals surface area contributed by atoms with Gasteiger partial charge < -0.3 is 10.0 Å². The molecule has 0 atom stereocenters. The van der Waals surface area contributed by atoms with Crippen LogP contribution >= 0.6 is 22.9 Å². The van der Waals surface area contributed by atoms with Gasteiger partial charge in [-0.05, 0) is 37.5 Å². The number of nitrogens with zero attached hydrogens (tertiary/aromatic N) is 2. The van der Waals surface area contributed by atoms with Gasteiger partial charge in [0.25, 0.3) is 0 Å². The highest BCUT2D eigenvalue weighted by molar-refractivity contribution is 7.16. The van der Waals surface area contributed by atoms with Crippen LogP contribution in [0.25, 0.3) is 0 Å². The topological polar surface area (TPSA) is 36.4 Å². The van der Waals surface area contributed by atoms with Crippen molar-refractivity contribution >= 4 is 28.1 Å². The fourth-order valence-corrected chi connectivity index (χ4v) is 3.14. The summed E-state index contributed by atoms with van der Waals surface area (Å²) in [7, 11) is 0. The van der Waals surface area contributed by atoms with Crippen LogP contribution in [0.5, 0.6) is 0 Å². The Kier molecular flexibility index (Phi) is 3.28. The van der Waals surface area contributed by atoms with Crippen LogP contribution in [0.3, 0.4) is 0 Å². The lowest BCUT2D eigenvalue weighted by Gasteiger charge is -2.21. The van der Waals surface area contributed by atoms with E-state index in [1.165, 1.54) is 37.0 Å². The van der Waals surface area contributed by atoms with Crippen molar-refractivity contribution in [2.24, 2.45) is 11.8 Å². The van der Waals surface area contributed by atoms with Crippen molar-refractivity contribution in [2.45, 2.75) is 32.3 Å². The average Bonchev–Trinajstić information content (AvgIpc) is 3.21. The van der Waals surface area contributed by atoms with Crippen LogP contribution in [0.2, 0.25) is 5.15 Å². The molecule has 0 unspecified atom stereocenters. The first kappa shape index (κ1) is 11.8. The zero-order valence-electron chi connectivity index (χ0n) is 9.73. The zero-order valence-corrected chi connectivity index (χ0v) is 11.3. The van der Waals surface area contributed by atoms with Crippen LogP contribution in [0.15, 0.2) is 0 Å². The summed E-state index contributed by atoms with van der Waals surface area (Å²) in [6, 6.07) is 0. The number of rotatable bonds is 6. The van der Waals surface area contributed by atoms with Gasteiger partial charge in [0.2, 0.25) is 0 Å². The van der Waals surface area contributed by atoms with E-state index in [1.807, 2.05) is 0 Å². The third kappa shape index (κ3) is 2.92. The average molecular weight is 273 g/mol. The van der Waals surface area contributed by atoms with Gasteiger partial charge in [0.05, 0.1) is 11.5 Å². The quantitative estimate of drug-likeness (QED) is 0.865. The Bertz CT molecular complexity index is 387. The van der Waals surface area contributed by atoms with E-state index in [1.54, 1.807) is 0 Å². The fourth-order valence-electron chi connectivity index (χ4n) is 2.01. The minimum Gasteiger partial charge on any atom is -0.391 e. The van der Waals surface area contributed by atoms with E-state index < -0.39 is 0 Å². The van der Waals surface area contributed by atoms with Crippen molar-refractivity contribution in [3.05, 3.63) is 10.0 Å². The summed E-state index contributed by atoms with van der Waals surface area (Å²) in [6.45, 7) is 2.23. The molecule has 2 fully saturated rings. The normalized spacial score (nSPS) is 19.6. The van der Waals surface area contributed by atoms with Gasteiger partial charge in [-0.1, -0.05) is 22.9 Å². The Hall–Kier alpha value is -0.320. The van der Waals surface area contributed by atoms with E-state index in [0.29, 0.717) is 5.15 Å². The van der Waals surface area contributed by atoms with E-state index in [9.17, 15) is 0 Å². The molecule has 0 amide bonds. The van der Waals surface area contributed by atoms with Crippen LogP contribution in [0.1, 0.15) is 30.6 Å². The molecule has 2 saturated carbocycles. The molecule has 0 aromatic carbocycles. The van der Waals surface area contributed by atoms with Crippen LogP contribution in [0, 0.1) is 11.8 Å². The maximum absolute atomic E-state index is 9.17. The van der Waals surface area contributed by atoms with Gasteiger partial charge in [-0.15, -0.1) is 0 Å². The van der Waals surface area contributed by atoms with Crippen LogP contribution in [0.4, 0.5) is 5.13 Å². The molecule has 0 radical (unpaired) electrons. The molecule has 0 aliphatic heterocycles. The predicted octanol–water partition coefficient (Wildman–Crippen LogP) is 2.92. The number of aliphatic hydroxyl groups is 1. The lowest BCUT2D eigenvalue weighted by molar-refractivity contribution is 0.285. The number of anilines is 1. The zero-order chi connectivity index (χ0) is 11.8. The molecule has 94 valence electrons. The van der Waals surface area contributed by atoms with Crippen LogP contribution in [-0.2, 0) is 6.61 Å². The molecular weight excluding hydrogens is 256 g/mol.